The van der Waals surface area contributed by atoms with E-state index < -0.39 is 0 Å². The maximum Gasteiger partial charge on any atom is 0.226 e. The Hall–Kier alpha value is -3.72. The molecule has 2 aromatic carbocycles. The zero-order chi connectivity index (χ0) is 22.0. The monoisotopic (exact) mass is 415 g/mol. The molecule has 6 nitrogen and oxygen atoms in total. The van der Waals surface area contributed by atoms with Gasteiger partial charge in [0.1, 0.15) is 12.4 Å². The Balaban J connectivity index is 1.77. The van der Waals surface area contributed by atoms with E-state index in [1.54, 1.807) is 0 Å². The van der Waals surface area contributed by atoms with Gasteiger partial charge < -0.3 is 14.8 Å². The lowest BCUT2D eigenvalue weighted by atomic mass is 9.87. The maximum atomic E-state index is 12.6. The molecule has 3 aromatic rings. The van der Waals surface area contributed by atoms with Gasteiger partial charge in [-0.1, -0.05) is 24.1 Å². The van der Waals surface area contributed by atoms with Gasteiger partial charge in [-0.15, -0.1) is 6.42 Å². The van der Waals surface area contributed by atoms with E-state index in [-0.39, 0.29) is 18.4 Å². The average molecular weight is 415 g/mol. The van der Waals surface area contributed by atoms with Crippen LogP contribution in [-0.4, -0.2) is 28.9 Å². The fourth-order valence-electron chi connectivity index (χ4n) is 3.91. The molecular formula is C25H25N3O3. The van der Waals surface area contributed by atoms with E-state index in [2.05, 4.69) is 36.2 Å². The van der Waals surface area contributed by atoms with Gasteiger partial charge in [0.25, 0.3) is 0 Å². The molecular weight excluding hydrogens is 390 g/mol. The first kappa shape index (κ1) is 20.5. The lowest BCUT2D eigenvalue weighted by molar-refractivity contribution is -0.116. The third-order valence-corrected chi connectivity index (χ3v) is 5.61. The summed E-state index contributed by atoms with van der Waals surface area (Å²) in [7, 11) is 0. The highest BCUT2D eigenvalue weighted by Crippen LogP contribution is 2.41. The number of carbonyl (C=O) groups is 1. The predicted molar refractivity (Wildman–Crippen MR) is 120 cm³/mol. The molecule has 1 aliphatic heterocycles. The first-order chi connectivity index (χ1) is 15.0. The predicted octanol–water partition coefficient (Wildman–Crippen LogP) is 4.37. The minimum absolute atomic E-state index is 0.0461. The van der Waals surface area contributed by atoms with Crippen LogP contribution in [0.25, 0.3) is 5.69 Å². The summed E-state index contributed by atoms with van der Waals surface area (Å²) >= 11 is 0. The first-order valence-corrected chi connectivity index (χ1v) is 10.3. The quantitative estimate of drug-likeness (QED) is 0.607. The van der Waals surface area contributed by atoms with Crippen LogP contribution >= 0.6 is 0 Å². The fourth-order valence-corrected chi connectivity index (χ4v) is 3.91. The van der Waals surface area contributed by atoms with Crippen molar-refractivity contribution in [3.05, 3.63) is 64.8 Å². The number of aromatic nitrogens is 2. The summed E-state index contributed by atoms with van der Waals surface area (Å²) in [5.41, 5.74) is 5.19. The zero-order valence-electron chi connectivity index (χ0n) is 17.9. The van der Waals surface area contributed by atoms with E-state index in [0.29, 0.717) is 30.3 Å². The summed E-state index contributed by atoms with van der Waals surface area (Å²) in [6.07, 6.45) is 7.49. The second kappa shape index (κ2) is 8.57. The number of ether oxygens (including phenoxy) is 2. The molecule has 1 unspecified atom stereocenters. The standard InChI is InChI=1S/C25H25N3O3/c1-5-12-31-22-11-10-18(13-23(22)30-6-2)19-14-24(29)27-25-20(19)15-26-28(25)21-9-7-8-16(3)17(21)4/h1,7-11,13,15,19H,6,12,14H2,2-4H3,(H,27,29). The molecule has 1 atom stereocenters. The van der Waals surface area contributed by atoms with Crippen molar-refractivity contribution in [2.75, 3.05) is 18.5 Å². The molecule has 31 heavy (non-hydrogen) atoms. The lowest BCUT2D eigenvalue weighted by Gasteiger charge is -2.25. The molecule has 0 saturated heterocycles. The van der Waals surface area contributed by atoms with Gasteiger partial charge in [-0.2, -0.15) is 5.10 Å². The van der Waals surface area contributed by atoms with Gasteiger partial charge in [0.2, 0.25) is 5.91 Å². The Morgan fingerprint density at radius 3 is 2.84 bits per heavy atom. The second-order valence-corrected chi connectivity index (χ2v) is 7.52. The fraction of sp³-hybridized carbons (Fsp3) is 0.280. The van der Waals surface area contributed by atoms with Gasteiger partial charge in [0.05, 0.1) is 18.5 Å². The van der Waals surface area contributed by atoms with E-state index in [0.717, 1.165) is 22.4 Å². The Morgan fingerprint density at radius 2 is 2.06 bits per heavy atom. The molecule has 0 fully saturated rings. The number of hydrogen-bond acceptors (Lipinski definition) is 4. The van der Waals surface area contributed by atoms with Crippen molar-refractivity contribution in [3.8, 4) is 29.5 Å². The molecule has 1 amide bonds. The van der Waals surface area contributed by atoms with Crippen molar-refractivity contribution >= 4 is 11.7 Å². The van der Waals surface area contributed by atoms with Gasteiger partial charge in [-0.3, -0.25) is 4.79 Å². The first-order valence-electron chi connectivity index (χ1n) is 10.3. The number of rotatable bonds is 6. The van der Waals surface area contributed by atoms with Crippen LogP contribution in [0.3, 0.4) is 0 Å². The molecule has 158 valence electrons. The van der Waals surface area contributed by atoms with Gasteiger partial charge in [-0.25, -0.2) is 4.68 Å². The van der Waals surface area contributed by atoms with E-state index >= 15 is 0 Å². The van der Waals surface area contributed by atoms with E-state index in [1.807, 2.05) is 48.1 Å². The minimum atomic E-state index is -0.136. The SMILES string of the molecule is C#CCOc1ccc(C2CC(=O)Nc3c2cnn3-c2cccc(C)c2C)cc1OCC. The van der Waals surface area contributed by atoms with E-state index in [4.69, 9.17) is 15.9 Å². The number of amides is 1. The number of benzene rings is 2. The number of fused-ring (bicyclic) bond motifs is 1. The van der Waals surface area contributed by atoms with Crippen molar-refractivity contribution in [1.82, 2.24) is 9.78 Å². The van der Waals surface area contributed by atoms with Crippen LogP contribution in [0.1, 0.15) is 41.5 Å². The molecule has 0 saturated carbocycles. The number of carbonyl (C=O) groups excluding carboxylic acids is 1. The van der Waals surface area contributed by atoms with Crippen LogP contribution in [-0.2, 0) is 4.79 Å². The molecule has 0 aliphatic carbocycles. The molecule has 1 N–H and O–H groups in total. The zero-order valence-corrected chi connectivity index (χ0v) is 17.9. The van der Waals surface area contributed by atoms with Crippen molar-refractivity contribution in [2.24, 2.45) is 0 Å². The summed E-state index contributed by atoms with van der Waals surface area (Å²) in [6.45, 7) is 6.70. The summed E-state index contributed by atoms with van der Waals surface area (Å²) in [6, 6.07) is 11.8. The Kier molecular flexibility index (Phi) is 5.68. The van der Waals surface area contributed by atoms with Gasteiger partial charge >= 0.3 is 0 Å². The van der Waals surface area contributed by atoms with Crippen LogP contribution in [0.5, 0.6) is 11.5 Å². The molecule has 0 radical (unpaired) electrons. The van der Waals surface area contributed by atoms with Crippen LogP contribution in [0.15, 0.2) is 42.6 Å². The number of terminal acetylenes is 1. The topological polar surface area (TPSA) is 65.4 Å². The third-order valence-electron chi connectivity index (χ3n) is 5.61. The van der Waals surface area contributed by atoms with Gasteiger partial charge in [0, 0.05) is 17.9 Å². The largest absolute Gasteiger partial charge is 0.490 e. The van der Waals surface area contributed by atoms with E-state index in [9.17, 15) is 4.79 Å². The number of hydrogen-bond donors (Lipinski definition) is 1. The number of nitrogens with one attached hydrogen (secondary N) is 1. The van der Waals surface area contributed by atoms with Crippen LogP contribution in [0, 0.1) is 26.2 Å². The number of anilines is 1. The minimum Gasteiger partial charge on any atom is -0.490 e. The highest BCUT2D eigenvalue weighted by Gasteiger charge is 2.31. The molecule has 6 heteroatoms. The molecule has 4 rings (SSSR count). The van der Waals surface area contributed by atoms with Crippen molar-refractivity contribution < 1.29 is 14.3 Å². The summed E-state index contributed by atoms with van der Waals surface area (Å²) in [5.74, 6) is 4.20. The average Bonchev–Trinajstić information content (AvgIpc) is 3.18. The normalized spacial score (nSPS) is 15.0. The molecule has 0 bridgehead atoms. The lowest BCUT2D eigenvalue weighted by Crippen LogP contribution is -2.24. The highest BCUT2D eigenvalue weighted by molar-refractivity contribution is 5.94. The highest BCUT2D eigenvalue weighted by atomic mass is 16.5. The van der Waals surface area contributed by atoms with Crippen molar-refractivity contribution in [2.45, 2.75) is 33.1 Å². The Labute approximate surface area is 182 Å². The summed E-state index contributed by atoms with van der Waals surface area (Å²) in [4.78, 5) is 12.6. The smallest absolute Gasteiger partial charge is 0.226 e. The number of aryl methyl sites for hydroxylation is 1. The molecule has 1 aliphatic rings. The van der Waals surface area contributed by atoms with Crippen LogP contribution in [0.4, 0.5) is 5.82 Å². The maximum absolute atomic E-state index is 12.6. The number of nitrogens with zero attached hydrogens (tertiary/aromatic N) is 2. The summed E-state index contributed by atoms with van der Waals surface area (Å²) < 4.78 is 13.2. The van der Waals surface area contributed by atoms with E-state index in [1.165, 1.54) is 5.56 Å². The summed E-state index contributed by atoms with van der Waals surface area (Å²) in [5, 5.41) is 7.64. The molecule has 1 aromatic heterocycles. The third kappa shape index (κ3) is 3.87. The van der Waals surface area contributed by atoms with Crippen LogP contribution < -0.4 is 14.8 Å². The van der Waals surface area contributed by atoms with Crippen molar-refractivity contribution in [3.63, 3.8) is 0 Å². The van der Waals surface area contributed by atoms with Crippen LogP contribution in [0.2, 0.25) is 0 Å². The van der Waals surface area contributed by atoms with Gasteiger partial charge in [-0.05, 0) is 55.7 Å². The van der Waals surface area contributed by atoms with Crippen molar-refractivity contribution in [1.29, 1.82) is 0 Å². The molecule has 2 heterocycles. The molecule has 0 spiro atoms. The second-order valence-electron chi connectivity index (χ2n) is 7.52. The Bertz CT molecular complexity index is 1170. The Morgan fingerprint density at radius 1 is 1.23 bits per heavy atom. The van der Waals surface area contributed by atoms with Gasteiger partial charge in [0.15, 0.2) is 11.5 Å².